The van der Waals surface area contributed by atoms with Crippen molar-refractivity contribution in [3.05, 3.63) is 12.2 Å². The summed E-state index contributed by atoms with van der Waals surface area (Å²) in [7, 11) is 0. The van der Waals surface area contributed by atoms with E-state index in [0.717, 1.165) is 12.4 Å². The van der Waals surface area contributed by atoms with E-state index >= 15 is 0 Å². The summed E-state index contributed by atoms with van der Waals surface area (Å²) in [5, 5.41) is 7.89. The molecule has 4 heteroatoms. The third-order valence-electron chi connectivity index (χ3n) is 3.34. The van der Waals surface area contributed by atoms with Gasteiger partial charge in [-0.15, -0.1) is 0 Å². The van der Waals surface area contributed by atoms with E-state index in [1.807, 2.05) is 0 Å². The van der Waals surface area contributed by atoms with Crippen LogP contribution in [-0.2, 0) is 6.54 Å². The van der Waals surface area contributed by atoms with Crippen molar-refractivity contribution >= 4 is 0 Å². The average Bonchev–Trinajstić information content (AvgIpc) is 2.75. The van der Waals surface area contributed by atoms with Crippen LogP contribution in [0.25, 0.3) is 0 Å². The highest BCUT2D eigenvalue weighted by Gasteiger charge is 2.19. The van der Waals surface area contributed by atoms with Gasteiger partial charge >= 0.3 is 0 Å². The Bertz CT molecular complexity index is 345. The highest BCUT2D eigenvalue weighted by Crippen LogP contribution is 2.27. The van der Waals surface area contributed by atoms with Crippen molar-refractivity contribution in [2.45, 2.75) is 71.0 Å². The van der Waals surface area contributed by atoms with Crippen LogP contribution in [0, 0.1) is 0 Å². The summed E-state index contributed by atoms with van der Waals surface area (Å²) in [4.78, 5) is 4.38. The summed E-state index contributed by atoms with van der Waals surface area (Å²) >= 11 is 0. The molecule has 1 aliphatic carbocycles. The average molecular weight is 236 g/mol. The number of hydrogen-bond donors (Lipinski definition) is 1. The fourth-order valence-electron chi connectivity index (χ4n) is 2.38. The number of hydrogen-bond acceptors (Lipinski definition) is 3. The lowest BCUT2D eigenvalue weighted by Crippen LogP contribution is -2.36. The molecule has 1 aromatic rings. The van der Waals surface area contributed by atoms with Gasteiger partial charge in [0.2, 0.25) is 0 Å². The predicted molar refractivity (Wildman–Crippen MR) is 68.7 cm³/mol. The molecule has 1 heterocycles. The first kappa shape index (κ1) is 12.6. The maximum atomic E-state index is 4.41. The molecule has 0 saturated heterocycles. The molecule has 2 rings (SSSR count). The number of nitrogens with zero attached hydrogens (tertiary/aromatic N) is 3. The van der Waals surface area contributed by atoms with Crippen LogP contribution < -0.4 is 5.32 Å². The topological polar surface area (TPSA) is 42.7 Å². The van der Waals surface area contributed by atoms with Gasteiger partial charge in [0.15, 0.2) is 0 Å². The fraction of sp³-hybridized carbons (Fsp3) is 0.846. The van der Waals surface area contributed by atoms with Crippen LogP contribution in [0.3, 0.4) is 0 Å². The minimum absolute atomic E-state index is 0.128. The molecule has 4 nitrogen and oxygen atoms in total. The summed E-state index contributed by atoms with van der Waals surface area (Å²) in [6, 6.07) is 0.572. The molecule has 1 aromatic heterocycles. The molecular weight excluding hydrogens is 212 g/mol. The molecule has 1 saturated carbocycles. The highest BCUT2D eigenvalue weighted by atomic mass is 15.4. The van der Waals surface area contributed by atoms with E-state index in [1.165, 1.54) is 32.1 Å². The normalized spacial score (nSPS) is 18.5. The first-order valence-corrected chi connectivity index (χ1v) is 6.70. The zero-order valence-corrected chi connectivity index (χ0v) is 11.2. The van der Waals surface area contributed by atoms with Crippen molar-refractivity contribution in [2.75, 3.05) is 0 Å². The van der Waals surface area contributed by atoms with Crippen LogP contribution in [0.2, 0.25) is 0 Å². The van der Waals surface area contributed by atoms with E-state index in [1.54, 1.807) is 6.33 Å². The Morgan fingerprint density at radius 3 is 2.65 bits per heavy atom. The van der Waals surface area contributed by atoms with Gasteiger partial charge in [0, 0.05) is 5.54 Å². The summed E-state index contributed by atoms with van der Waals surface area (Å²) in [6.07, 6.45) is 8.24. The van der Waals surface area contributed by atoms with Crippen LogP contribution in [0.5, 0.6) is 0 Å². The molecule has 1 fully saturated rings. The van der Waals surface area contributed by atoms with Gasteiger partial charge in [-0.25, -0.2) is 9.67 Å². The van der Waals surface area contributed by atoms with Crippen molar-refractivity contribution in [1.82, 2.24) is 20.1 Å². The van der Waals surface area contributed by atoms with Crippen LogP contribution in [0.1, 0.15) is 64.7 Å². The molecule has 96 valence electrons. The predicted octanol–water partition coefficient (Wildman–Crippen LogP) is 2.67. The van der Waals surface area contributed by atoms with Crippen molar-refractivity contribution in [3.63, 3.8) is 0 Å². The van der Waals surface area contributed by atoms with Gasteiger partial charge in [-0.2, -0.15) is 5.10 Å². The molecule has 1 N–H and O–H groups in total. The Balaban J connectivity index is 2.00. The lowest BCUT2D eigenvalue weighted by molar-refractivity contribution is 0.312. The lowest BCUT2D eigenvalue weighted by atomic mass is 9.95. The molecule has 0 amide bonds. The van der Waals surface area contributed by atoms with Crippen molar-refractivity contribution in [1.29, 1.82) is 0 Å². The maximum absolute atomic E-state index is 4.41. The van der Waals surface area contributed by atoms with Gasteiger partial charge in [-0.1, -0.05) is 19.3 Å². The third-order valence-corrected chi connectivity index (χ3v) is 3.34. The Kier molecular flexibility index (Phi) is 3.82. The molecular formula is C13H24N4. The molecule has 0 spiro atoms. The largest absolute Gasteiger partial charge is 0.305 e. The van der Waals surface area contributed by atoms with Crippen LogP contribution in [0.4, 0.5) is 0 Å². The van der Waals surface area contributed by atoms with Gasteiger partial charge in [0.05, 0.1) is 12.6 Å². The van der Waals surface area contributed by atoms with E-state index in [2.05, 4.69) is 40.9 Å². The molecule has 0 bridgehead atoms. The molecule has 0 aromatic carbocycles. The molecule has 1 aliphatic rings. The lowest BCUT2D eigenvalue weighted by Gasteiger charge is -2.25. The minimum atomic E-state index is 0.128. The molecule has 0 atom stereocenters. The fourth-order valence-corrected chi connectivity index (χ4v) is 2.38. The minimum Gasteiger partial charge on any atom is -0.305 e. The van der Waals surface area contributed by atoms with Crippen LogP contribution in [0.15, 0.2) is 6.33 Å². The van der Waals surface area contributed by atoms with Gasteiger partial charge in [0.25, 0.3) is 0 Å². The summed E-state index contributed by atoms with van der Waals surface area (Å²) in [5.41, 5.74) is 0.128. The maximum Gasteiger partial charge on any atom is 0.141 e. The number of rotatable bonds is 3. The Morgan fingerprint density at radius 2 is 2.00 bits per heavy atom. The first-order valence-electron chi connectivity index (χ1n) is 6.70. The standard InChI is InChI=1S/C13H24N4/c1-13(2,3)15-9-12-14-10-16-17(12)11-7-5-4-6-8-11/h10-11,15H,4-9H2,1-3H3. The van der Waals surface area contributed by atoms with Gasteiger partial charge in [-0.3, -0.25) is 0 Å². The van der Waals surface area contributed by atoms with Gasteiger partial charge in [0.1, 0.15) is 12.2 Å². The second-order valence-electron chi connectivity index (χ2n) is 6.02. The molecule has 0 unspecified atom stereocenters. The molecule has 0 radical (unpaired) electrons. The zero-order chi connectivity index (χ0) is 12.3. The van der Waals surface area contributed by atoms with Crippen molar-refractivity contribution < 1.29 is 0 Å². The second kappa shape index (κ2) is 5.17. The Morgan fingerprint density at radius 1 is 1.29 bits per heavy atom. The van der Waals surface area contributed by atoms with E-state index in [-0.39, 0.29) is 5.54 Å². The number of nitrogens with one attached hydrogen (secondary N) is 1. The first-order chi connectivity index (χ1) is 8.06. The van der Waals surface area contributed by atoms with E-state index in [0.29, 0.717) is 6.04 Å². The van der Waals surface area contributed by atoms with Crippen LogP contribution in [-0.4, -0.2) is 20.3 Å². The monoisotopic (exact) mass is 236 g/mol. The smallest absolute Gasteiger partial charge is 0.141 e. The number of aromatic nitrogens is 3. The van der Waals surface area contributed by atoms with E-state index in [9.17, 15) is 0 Å². The van der Waals surface area contributed by atoms with E-state index in [4.69, 9.17) is 0 Å². The third kappa shape index (κ3) is 3.53. The SMILES string of the molecule is CC(C)(C)NCc1ncnn1C1CCCCC1. The Labute approximate surface area is 104 Å². The highest BCUT2D eigenvalue weighted by molar-refractivity contribution is 4.90. The quantitative estimate of drug-likeness (QED) is 0.877. The van der Waals surface area contributed by atoms with Crippen LogP contribution >= 0.6 is 0 Å². The Hall–Kier alpha value is -0.900. The van der Waals surface area contributed by atoms with Gasteiger partial charge < -0.3 is 5.32 Å². The van der Waals surface area contributed by atoms with Crippen molar-refractivity contribution in [3.8, 4) is 0 Å². The molecule has 17 heavy (non-hydrogen) atoms. The van der Waals surface area contributed by atoms with Gasteiger partial charge in [-0.05, 0) is 33.6 Å². The summed E-state index contributed by atoms with van der Waals surface area (Å²) in [6.45, 7) is 7.33. The van der Waals surface area contributed by atoms with E-state index < -0.39 is 0 Å². The second-order valence-corrected chi connectivity index (χ2v) is 6.02. The zero-order valence-electron chi connectivity index (χ0n) is 11.2. The summed E-state index contributed by atoms with van der Waals surface area (Å²) in [5.74, 6) is 1.08. The molecule has 0 aliphatic heterocycles. The van der Waals surface area contributed by atoms with Crippen molar-refractivity contribution in [2.24, 2.45) is 0 Å². The summed E-state index contributed by atoms with van der Waals surface area (Å²) < 4.78 is 2.14.